The van der Waals surface area contributed by atoms with E-state index in [-0.39, 0.29) is 0 Å². The normalized spacial score (nSPS) is 15.0. The molecule has 0 atom stereocenters. The van der Waals surface area contributed by atoms with E-state index in [4.69, 9.17) is 4.98 Å². The summed E-state index contributed by atoms with van der Waals surface area (Å²) in [4.78, 5) is 6.08. The molecular formula is C14H20N4S2. The third-order valence-electron chi connectivity index (χ3n) is 3.16. The van der Waals surface area contributed by atoms with E-state index in [1.807, 2.05) is 11.3 Å². The Labute approximate surface area is 127 Å². The molecule has 0 aliphatic heterocycles. The van der Waals surface area contributed by atoms with E-state index in [1.165, 1.54) is 28.4 Å². The van der Waals surface area contributed by atoms with E-state index in [0.29, 0.717) is 12.0 Å². The van der Waals surface area contributed by atoms with Crippen molar-refractivity contribution in [3.8, 4) is 9.88 Å². The second-order valence-electron chi connectivity index (χ2n) is 5.56. The summed E-state index contributed by atoms with van der Waals surface area (Å²) >= 11 is 3.46. The van der Waals surface area contributed by atoms with E-state index in [9.17, 15) is 0 Å². The first kappa shape index (κ1) is 13.9. The number of nitrogens with one attached hydrogen (secondary N) is 1. The molecule has 108 valence electrons. The second kappa shape index (κ2) is 5.77. The smallest absolute Gasteiger partial charge is 0.206 e. The summed E-state index contributed by atoms with van der Waals surface area (Å²) in [5.41, 5.74) is 1.21. The maximum Gasteiger partial charge on any atom is 0.206 e. The van der Waals surface area contributed by atoms with Crippen molar-refractivity contribution in [3.63, 3.8) is 0 Å². The minimum atomic E-state index is 0.384. The number of aryl methyl sites for hydroxylation is 1. The van der Waals surface area contributed by atoms with Gasteiger partial charge in [0.1, 0.15) is 0 Å². The van der Waals surface area contributed by atoms with Crippen LogP contribution in [0.4, 0.5) is 5.13 Å². The molecule has 1 aliphatic rings. The van der Waals surface area contributed by atoms with E-state index in [0.717, 1.165) is 23.0 Å². The van der Waals surface area contributed by atoms with Gasteiger partial charge in [-0.25, -0.2) is 4.98 Å². The van der Waals surface area contributed by atoms with Gasteiger partial charge in [-0.1, -0.05) is 24.7 Å². The van der Waals surface area contributed by atoms with Crippen LogP contribution in [0.25, 0.3) is 9.88 Å². The monoisotopic (exact) mass is 308 g/mol. The van der Waals surface area contributed by atoms with Crippen molar-refractivity contribution in [1.29, 1.82) is 0 Å². The van der Waals surface area contributed by atoms with Gasteiger partial charge in [0.15, 0.2) is 5.01 Å². The molecule has 3 rings (SSSR count). The predicted molar refractivity (Wildman–Crippen MR) is 85.7 cm³/mol. The Bertz CT molecular complexity index is 584. The fraction of sp³-hybridized carbons (Fsp3) is 0.643. The Hall–Kier alpha value is -1.01. The van der Waals surface area contributed by atoms with Crippen LogP contribution in [0.1, 0.15) is 56.7 Å². The molecule has 0 radical (unpaired) electrons. The van der Waals surface area contributed by atoms with Crippen LogP contribution in [-0.4, -0.2) is 21.2 Å². The largest absolute Gasteiger partial charge is 0.358 e. The fourth-order valence-corrected chi connectivity index (χ4v) is 4.33. The molecule has 2 heterocycles. The van der Waals surface area contributed by atoms with Crippen molar-refractivity contribution < 1.29 is 0 Å². The summed E-state index contributed by atoms with van der Waals surface area (Å²) in [5.74, 6) is 0.713. The van der Waals surface area contributed by atoms with Gasteiger partial charge < -0.3 is 5.32 Å². The quantitative estimate of drug-likeness (QED) is 0.864. The lowest BCUT2D eigenvalue weighted by atomic mass is 10.2. The van der Waals surface area contributed by atoms with Crippen LogP contribution < -0.4 is 5.32 Å². The van der Waals surface area contributed by atoms with Gasteiger partial charge in [0.05, 0.1) is 15.6 Å². The molecule has 2 aromatic heterocycles. The first-order valence-electron chi connectivity index (χ1n) is 7.27. The molecule has 0 amide bonds. The van der Waals surface area contributed by atoms with Gasteiger partial charge in [-0.15, -0.1) is 21.5 Å². The number of rotatable bonds is 6. The molecule has 1 N–H and O–H groups in total. The Balaban J connectivity index is 1.89. The lowest BCUT2D eigenvalue weighted by Crippen LogP contribution is -2.08. The number of hydrogen-bond acceptors (Lipinski definition) is 6. The minimum Gasteiger partial charge on any atom is -0.358 e. The number of aromatic nitrogens is 3. The van der Waals surface area contributed by atoms with Crippen LogP contribution in [0, 0.1) is 0 Å². The SMILES string of the molecule is CCCc1nc(C2CC2)sc1-c1nnc(NC(C)C)s1. The number of anilines is 1. The predicted octanol–water partition coefficient (Wildman–Crippen LogP) is 4.31. The van der Waals surface area contributed by atoms with Gasteiger partial charge in [0, 0.05) is 12.0 Å². The van der Waals surface area contributed by atoms with Crippen molar-refractivity contribution in [2.45, 2.75) is 58.4 Å². The molecule has 6 heteroatoms. The molecule has 0 spiro atoms. The summed E-state index contributed by atoms with van der Waals surface area (Å²) < 4.78 is 0. The van der Waals surface area contributed by atoms with E-state index >= 15 is 0 Å². The molecule has 0 aromatic carbocycles. The highest BCUT2D eigenvalue weighted by atomic mass is 32.1. The fourth-order valence-electron chi connectivity index (χ4n) is 2.07. The Morgan fingerprint density at radius 3 is 2.70 bits per heavy atom. The molecule has 0 bridgehead atoms. The maximum atomic E-state index is 4.85. The zero-order valence-corrected chi connectivity index (χ0v) is 13.8. The first-order valence-corrected chi connectivity index (χ1v) is 8.90. The highest BCUT2D eigenvalue weighted by molar-refractivity contribution is 7.23. The lowest BCUT2D eigenvalue weighted by Gasteiger charge is -2.03. The van der Waals surface area contributed by atoms with Crippen molar-refractivity contribution in [3.05, 3.63) is 10.7 Å². The molecular weight excluding hydrogens is 288 g/mol. The van der Waals surface area contributed by atoms with Crippen LogP contribution >= 0.6 is 22.7 Å². The molecule has 1 saturated carbocycles. The van der Waals surface area contributed by atoms with Crippen molar-refractivity contribution in [2.24, 2.45) is 0 Å². The summed E-state index contributed by atoms with van der Waals surface area (Å²) in [6, 6.07) is 0.384. The topological polar surface area (TPSA) is 50.7 Å². The molecule has 1 fully saturated rings. The number of nitrogens with zero attached hydrogens (tertiary/aromatic N) is 3. The highest BCUT2D eigenvalue weighted by Gasteiger charge is 2.29. The standard InChI is InChI=1S/C14H20N4S2/c1-4-5-10-11(19-12(16-10)9-6-7-9)13-17-18-14(20-13)15-8(2)3/h8-9H,4-7H2,1-3H3,(H,15,18). The van der Waals surface area contributed by atoms with Gasteiger partial charge in [-0.2, -0.15) is 0 Å². The average molecular weight is 308 g/mol. The highest BCUT2D eigenvalue weighted by Crippen LogP contribution is 2.45. The molecule has 1 aliphatic carbocycles. The van der Waals surface area contributed by atoms with Gasteiger partial charge >= 0.3 is 0 Å². The molecule has 20 heavy (non-hydrogen) atoms. The van der Waals surface area contributed by atoms with Gasteiger partial charge in [-0.3, -0.25) is 0 Å². The summed E-state index contributed by atoms with van der Waals surface area (Å²) in [6.45, 7) is 6.43. The van der Waals surface area contributed by atoms with Crippen molar-refractivity contribution >= 4 is 27.8 Å². The second-order valence-corrected chi connectivity index (χ2v) is 7.57. The number of thiazole rings is 1. The van der Waals surface area contributed by atoms with Crippen LogP contribution in [0.15, 0.2) is 0 Å². The number of hydrogen-bond donors (Lipinski definition) is 1. The molecule has 0 unspecified atom stereocenters. The van der Waals surface area contributed by atoms with Crippen LogP contribution in [-0.2, 0) is 6.42 Å². The van der Waals surface area contributed by atoms with E-state index < -0.39 is 0 Å². The summed E-state index contributed by atoms with van der Waals surface area (Å²) in [6.07, 6.45) is 4.76. The lowest BCUT2D eigenvalue weighted by molar-refractivity contribution is 0.879. The molecule has 4 nitrogen and oxygen atoms in total. The summed E-state index contributed by atoms with van der Waals surface area (Å²) in [7, 11) is 0. The Kier molecular flexibility index (Phi) is 4.03. The zero-order valence-electron chi connectivity index (χ0n) is 12.1. The van der Waals surface area contributed by atoms with Crippen LogP contribution in [0.5, 0.6) is 0 Å². The van der Waals surface area contributed by atoms with Crippen molar-refractivity contribution in [1.82, 2.24) is 15.2 Å². The summed E-state index contributed by atoms with van der Waals surface area (Å²) in [5, 5.41) is 15.1. The third-order valence-corrected chi connectivity index (χ3v) is 5.43. The third kappa shape index (κ3) is 3.01. The van der Waals surface area contributed by atoms with Crippen molar-refractivity contribution in [2.75, 3.05) is 5.32 Å². The van der Waals surface area contributed by atoms with E-state index in [1.54, 1.807) is 11.3 Å². The Morgan fingerprint density at radius 2 is 2.05 bits per heavy atom. The van der Waals surface area contributed by atoms with E-state index in [2.05, 4.69) is 36.3 Å². The van der Waals surface area contributed by atoms with Gasteiger partial charge in [0.2, 0.25) is 5.13 Å². The van der Waals surface area contributed by atoms with Gasteiger partial charge in [0.25, 0.3) is 0 Å². The average Bonchev–Trinajstić information content (AvgIpc) is 3.01. The van der Waals surface area contributed by atoms with Gasteiger partial charge in [-0.05, 0) is 33.1 Å². The minimum absolute atomic E-state index is 0.384. The maximum absolute atomic E-state index is 4.85. The zero-order chi connectivity index (χ0) is 14.1. The van der Waals surface area contributed by atoms with Crippen LogP contribution in [0.2, 0.25) is 0 Å². The Morgan fingerprint density at radius 1 is 1.25 bits per heavy atom. The van der Waals surface area contributed by atoms with Crippen LogP contribution in [0.3, 0.4) is 0 Å². The molecule has 2 aromatic rings. The first-order chi connectivity index (χ1) is 9.67. The molecule has 0 saturated heterocycles.